The number of nitrogens with one attached hydrogen (secondary N) is 1. The molecule has 3 heteroatoms. The number of carbonyl (C=O) groups is 1. The first-order valence-electron chi connectivity index (χ1n) is 8.30. The molecular weight excluding hydrogens is 260 g/mol. The van der Waals surface area contributed by atoms with E-state index in [9.17, 15) is 4.79 Å². The van der Waals surface area contributed by atoms with E-state index in [1.165, 1.54) is 11.1 Å². The molecule has 0 radical (unpaired) electrons. The Morgan fingerprint density at radius 3 is 2.38 bits per heavy atom. The molecule has 1 aromatic carbocycles. The molecule has 0 aliphatic carbocycles. The Morgan fingerprint density at radius 2 is 1.76 bits per heavy atom. The third-order valence-electron chi connectivity index (χ3n) is 4.24. The third-order valence-corrected chi connectivity index (χ3v) is 4.24. The van der Waals surface area contributed by atoms with E-state index < -0.39 is 0 Å². The van der Waals surface area contributed by atoms with Crippen molar-refractivity contribution in [2.75, 3.05) is 6.54 Å². The fourth-order valence-corrected chi connectivity index (χ4v) is 2.89. The van der Waals surface area contributed by atoms with Crippen LogP contribution in [0.15, 0.2) is 24.3 Å². The van der Waals surface area contributed by atoms with Crippen molar-refractivity contribution >= 4 is 5.91 Å². The Labute approximate surface area is 128 Å². The number of hydrogen-bond acceptors (Lipinski definition) is 2. The van der Waals surface area contributed by atoms with Gasteiger partial charge in [0, 0.05) is 6.54 Å². The fourth-order valence-electron chi connectivity index (χ4n) is 2.89. The van der Waals surface area contributed by atoms with Gasteiger partial charge in [0.15, 0.2) is 0 Å². The topological polar surface area (TPSA) is 32.3 Å². The van der Waals surface area contributed by atoms with Crippen molar-refractivity contribution in [2.45, 2.75) is 65.1 Å². The Bertz CT molecular complexity index is 455. The van der Waals surface area contributed by atoms with Crippen molar-refractivity contribution in [3.05, 3.63) is 35.4 Å². The van der Waals surface area contributed by atoms with Crippen molar-refractivity contribution in [1.82, 2.24) is 10.2 Å². The monoisotopic (exact) mass is 288 g/mol. The SMILES string of the molecule is CCCCC1NC(c2ccc(C)cc2)N(CCCC)C1=O. The number of benzene rings is 1. The quantitative estimate of drug-likeness (QED) is 0.828. The standard InChI is InChI=1S/C18H28N2O/c1-4-6-8-16-18(21)20(13-7-5-2)17(19-16)15-11-9-14(3)10-12-15/h9-12,16-17,19H,4-8,13H2,1-3H3. The maximum Gasteiger partial charge on any atom is 0.241 e. The number of unbranched alkanes of at least 4 members (excludes halogenated alkanes) is 2. The number of nitrogens with zero attached hydrogens (tertiary/aromatic N) is 1. The lowest BCUT2D eigenvalue weighted by Crippen LogP contribution is -2.32. The molecule has 3 nitrogen and oxygen atoms in total. The maximum absolute atomic E-state index is 12.6. The molecular formula is C18H28N2O. The third kappa shape index (κ3) is 3.85. The number of aryl methyl sites for hydroxylation is 1. The predicted octanol–water partition coefficient (Wildman–Crippen LogP) is 3.78. The lowest BCUT2D eigenvalue weighted by atomic mass is 10.1. The molecule has 2 atom stereocenters. The molecule has 0 aromatic heterocycles. The van der Waals surface area contributed by atoms with Crippen LogP contribution in [0.25, 0.3) is 0 Å². The summed E-state index contributed by atoms with van der Waals surface area (Å²) in [7, 11) is 0. The summed E-state index contributed by atoms with van der Waals surface area (Å²) >= 11 is 0. The van der Waals surface area contributed by atoms with E-state index in [0.29, 0.717) is 0 Å². The van der Waals surface area contributed by atoms with Gasteiger partial charge in [-0.25, -0.2) is 0 Å². The summed E-state index contributed by atoms with van der Waals surface area (Å²) in [6.07, 6.45) is 5.41. The minimum absolute atomic E-state index is 0.00638. The van der Waals surface area contributed by atoms with Crippen LogP contribution in [0.4, 0.5) is 0 Å². The van der Waals surface area contributed by atoms with Gasteiger partial charge in [0.2, 0.25) is 5.91 Å². The summed E-state index contributed by atoms with van der Waals surface area (Å²) in [5, 5.41) is 3.55. The van der Waals surface area contributed by atoms with Crippen LogP contribution in [0.5, 0.6) is 0 Å². The van der Waals surface area contributed by atoms with Crippen molar-refractivity contribution < 1.29 is 4.79 Å². The molecule has 1 saturated heterocycles. The summed E-state index contributed by atoms with van der Waals surface area (Å²) in [5.74, 6) is 0.280. The Hall–Kier alpha value is -1.35. The van der Waals surface area contributed by atoms with Gasteiger partial charge >= 0.3 is 0 Å². The van der Waals surface area contributed by atoms with Crippen LogP contribution in [0, 0.1) is 6.92 Å². The molecule has 1 aliphatic rings. The molecule has 1 heterocycles. The number of carbonyl (C=O) groups excluding carboxylic acids is 1. The molecule has 2 rings (SSSR count). The van der Waals surface area contributed by atoms with E-state index in [2.05, 4.69) is 50.4 Å². The van der Waals surface area contributed by atoms with Gasteiger partial charge < -0.3 is 4.90 Å². The van der Waals surface area contributed by atoms with Gasteiger partial charge in [-0.15, -0.1) is 0 Å². The van der Waals surface area contributed by atoms with E-state index in [0.717, 1.165) is 38.6 Å². The highest BCUT2D eigenvalue weighted by atomic mass is 16.2. The molecule has 1 amide bonds. The predicted molar refractivity (Wildman–Crippen MR) is 87.0 cm³/mol. The normalized spacial score (nSPS) is 22.0. The fraction of sp³-hybridized carbons (Fsp3) is 0.611. The summed E-state index contributed by atoms with van der Waals surface area (Å²) in [5.41, 5.74) is 2.45. The van der Waals surface area contributed by atoms with Crippen LogP contribution in [0.1, 0.15) is 63.2 Å². The van der Waals surface area contributed by atoms with E-state index in [1.807, 2.05) is 4.90 Å². The van der Waals surface area contributed by atoms with Crippen LogP contribution in [0.3, 0.4) is 0 Å². The highest BCUT2D eigenvalue weighted by Crippen LogP contribution is 2.27. The van der Waals surface area contributed by atoms with Crippen LogP contribution in [-0.2, 0) is 4.79 Å². The second-order valence-corrected chi connectivity index (χ2v) is 6.06. The zero-order valence-corrected chi connectivity index (χ0v) is 13.6. The van der Waals surface area contributed by atoms with Crippen LogP contribution in [-0.4, -0.2) is 23.4 Å². The van der Waals surface area contributed by atoms with E-state index >= 15 is 0 Å². The van der Waals surface area contributed by atoms with Crippen molar-refractivity contribution in [3.63, 3.8) is 0 Å². The molecule has 116 valence electrons. The molecule has 0 spiro atoms. The van der Waals surface area contributed by atoms with Gasteiger partial charge in [0.05, 0.1) is 6.04 Å². The van der Waals surface area contributed by atoms with E-state index in [-0.39, 0.29) is 18.1 Å². The summed E-state index contributed by atoms with van der Waals surface area (Å²) in [4.78, 5) is 14.7. The highest BCUT2D eigenvalue weighted by molar-refractivity contribution is 5.84. The zero-order valence-electron chi connectivity index (χ0n) is 13.6. The van der Waals surface area contributed by atoms with Gasteiger partial charge in [0.1, 0.15) is 6.17 Å². The summed E-state index contributed by atoms with van der Waals surface area (Å²) in [6.45, 7) is 7.29. The Morgan fingerprint density at radius 1 is 1.10 bits per heavy atom. The van der Waals surface area contributed by atoms with E-state index in [4.69, 9.17) is 0 Å². The molecule has 1 aromatic rings. The largest absolute Gasteiger partial charge is 0.322 e. The van der Waals surface area contributed by atoms with Crippen LogP contribution >= 0.6 is 0 Å². The first kappa shape index (κ1) is 16.0. The van der Waals surface area contributed by atoms with Gasteiger partial charge in [-0.3, -0.25) is 10.1 Å². The Balaban J connectivity index is 2.15. The minimum Gasteiger partial charge on any atom is -0.322 e. The van der Waals surface area contributed by atoms with Gasteiger partial charge in [0.25, 0.3) is 0 Å². The molecule has 1 fully saturated rings. The number of amides is 1. The first-order chi connectivity index (χ1) is 10.2. The van der Waals surface area contributed by atoms with Crippen molar-refractivity contribution in [1.29, 1.82) is 0 Å². The average molecular weight is 288 g/mol. The molecule has 1 N–H and O–H groups in total. The van der Waals surface area contributed by atoms with E-state index in [1.54, 1.807) is 0 Å². The summed E-state index contributed by atoms with van der Waals surface area (Å²) < 4.78 is 0. The smallest absolute Gasteiger partial charge is 0.241 e. The first-order valence-corrected chi connectivity index (χ1v) is 8.30. The highest BCUT2D eigenvalue weighted by Gasteiger charge is 2.38. The molecule has 21 heavy (non-hydrogen) atoms. The second-order valence-electron chi connectivity index (χ2n) is 6.06. The number of rotatable bonds is 7. The average Bonchev–Trinajstić information content (AvgIpc) is 2.80. The van der Waals surface area contributed by atoms with Crippen molar-refractivity contribution in [3.8, 4) is 0 Å². The lowest BCUT2D eigenvalue weighted by molar-refractivity contribution is -0.130. The van der Waals surface area contributed by atoms with Crippen LogP contribution < -0.4 is 5.32 Å². The van der Waals surface area contributed by atoms with Gasteiger partial charge in [-0.2, -0.15) is 0 Å². The minimum atomic E-state index is -0.00638. The molecule has 0 saturated carbocycles. The van der Waals surface area contributed by atoms with Crippen molar-refractivity contribution in [2.24, 2.45) is 0 Å². The summed E-state index contributed by atoms with van der Waals surface area (Å²) in [6, 6.07) is 8.52. The molecule has 2 unspecified atom stereocenters. The van der Waals surface area contributed by atoms with Gasteiger partial charge in [-0.1, -0.05) is 62.9 Å². The lowest BCUT2D eigenvalue weighted by Gasteiger charge is -2.24. The second kappa shape index (κ2) is 7.60. The van der Waals surface area contributed by atoms with Crippen LogP contribution in [0.2, 0.25) is 0 Å². The molecule has 0 bridgehead atoms. The zero-order chi connectivity index (χ0) is 15.2. The molecule has 1 aliphatic heterocycles. The number of hydrogen-bond donors (Lipinski definition) is 1. The van der Waals surface area contributed by atoms with Gasteiger partial charge in [-0.05, 0) is 25.3 Å². The maximum atomic E-state index is 12.6. The Kier molecular flexibility index (Phi) is 5.80.